The van der Waals surface area contributed by atoms with Gasteiger partial charge in [-0.15, -0.1) is 12.4 Å². The third kappa shape index (κ3) is 4.59. The monoisotopic (exact) mass is 348 g/mol. The molecule has 0 saturated carbocycles. The zero-order valence-electron chi connectivity index (χ0n) is 14.7. The lowest BCUT2D eigenvalue weighted by molar-refractivity contribution is 0.153. The number of nitrogens with one attached hydrogen (secondary N) is 1. The van der Waals surface area contributed by atoms with E-state index in [1.807, 2.05) is 6.20 Å². The van der Waals surface area contributed by atoms with Gasteiger partial charge in [0.2, 0.25) is 0 Å². The van der Waals surface area contributed by atoms with Gasteiger partial charge in [-0.25, -0.2) is 0 Å². The minimum Gasteiger partial charge on any atom is -0.314 e. The number of rotatable bonds is 6. The van der Waals surface area contributed by atoms with E-state index < -0.39 is 0 Å². The largest absolute Gasteiger partial charge is 0.314 e. The summed E-state index contributed by atoms with van der Waals surface area (Å²) in [6.45, 7) is 9.54. The van der Waals surface area contributed by atoms with Crippen LogP contribution in [-0.2, 0) is 19.5 Å². The number of nitrogens with zero attached hydrogens (tertiary/aromatic N) is 3. The van der Waals surface area contributed by atoms with Crippen molar-refractivity contribution in [3.63, 3.8) is 0 Å². The van der Waals surface area contributed by atoms with Crippen molar-refractivity contribution in [1.29, 1.82) is 0 Å². The summed E-state index contributed by atoms with van der Waals surface area (Å²) in [6.07, 6.45) is 6.45. The molecule has 0 bridgehead atoms. The van der Waals surface area contributed by atoms with E-state index >= 15 is 0 Å². The minimum atomic E-state index is 0. The molecule has 0 spiro atoms. The first-order chi connectivity index (χ1) is 11.3. The van der Waals surface area contributed by atoms with Gasteiger partial charge in [0.05, 0.1) is 6.20 Å². The molecule has 1 aromatic heterocycles. The zero-order chi connectivity index (χ0) is 16.1. The fourth-order valence-corrected chi connectivity index (χ4v) is 3.31. The van der Waals surface area contributed by atoms with Gasteiger partial charge in [-0.05, 0) is 24.0 Å². The fraction of sp³-hybridized carbons (Fsp3) is 0.526. The molecule has 132 valence electrons. The molecular formula is C19H29ClN4. The molecule has 0 amide bonds. The first kappa shape index (κ1) is 19.0. The summed E-state index contributed by atoms with van der Waals surface area (Å²) < 4.78 is 2.06. The third-order valence-electron chi connectivity index (χ3n) is 4.65. The minimum absolute atomic E-state index is 0. The highest BCUT2D eigenvalue weighted by atomic mass is 35.5. The van der Waals surface area contributed by atoms with Gasteiger partial charge < -0.3 is 5.32 Å². The smallest absolute Gasteiger partial charge is 0.0534 e. The molecule has 1 aliphatic rings. The lowest BCUT2D eigenvalue weighted by atomic mass is 10.0. The molecule has 2 heterocycles. The van der Waals surface area contributed by atoms with Gasteiger partial charge in [-0.3, -0.25) is 9.58 Å². The molecule has 2 aromatic rings. The predicted molar refractivity (Wildman–Crippen MR) is 102 cm³/mol. The topological polar surface area (TPSA) is 33.1 Å². The number of halogens is 1. The van der Waals surface area contributed by atoms with Crippen LogP contribution < -0.4 is 5.32 Å². The van der Waals surface area contributed by atoms with Crippen molar-refractivity contribution in [2.24, 2.45) is 0 Å². The number of hydrogen-bond donors (Lipinski definition) is 1. The second-order valence-electron chi connectivity index (χ2n) is 6.40. The summed E-state index contributed by atoms with van der Waals surface area (Å²) in [6, 6.07) is 9.57. The molecule has 1 N–H and O–H groups in total. The summed E-state index contributed by atoms with van der Waals surface area (Å²) >= 11 is 0. The van der Waals surface area contributed by atoms with E-state index in [4.69, 9.17) is 0 Å². The third-order valence-corrected chi connectivity index (χ3v) is 4.65. The SMILES string of the molecule is CCCn1cc(CN2CCNCC2c2ccc(CC)cc2)cn1.Cl. The first-order valence-electron chi connectivity index (χ1n) is 8.85. The summed E-state index contributed by atoms with van der Waals surface area (Å²) in [5, 5.41) is 8.01. The van der Waals surface area contributed by atoms with Crippen LogP contribution in [0.4, 0.5) is 0 Å². The van der Waals surface area contributed by atoms with Crippen LogP contribution in [0, 0.1) is 0 Å². The Morgan fingerprint density at radius 2 is 1.96 bits per heavy atom. The van der Waals surface area contributed by atoms with Gasteiger partial charge in [0.25, 0.3) is 0 Å². The average molecular weight is 349 g/mol. The van der Waals surface area contributed by atoms with Gasteiger partial charge in [0.1, 0.15) is 0 Å². The molecule has 1 atom stereocenters. The number of benzene rings is 1. The van der Waals surface area contributed by atoms with Gasteiger partial charge in [0, 0.05) is 50.5 Å². The van der Waals surface area contributed by atoms with Gasteiger partial charge in [-0.2, -0.15) is 5.10 Å². The fourth-order valence-electron chi connectivity index (χ4n) is 3.31. The molecule has 0 aliphatic carbocycles. The number of aryl methyl sites for hydroxylation is 2. The molecule has 5 heteroatoms. The normalized spacial score (nSPS) is 18.3. The van der Waals surface area contributed by atoms with Gasteiger partial charge >= 0.3 is 0 Å². The molecule has 3 rings (SSSR count). The molecule has 1 unspecified atom stereocenters. The van der Waals surface area contributed by atoms with Crippen LogP contribution >= 0.6 is 12.4 Å². The molecule has 4 nitrogen and oxygen atoms in total. The Morgan fingerprint density at radius 1 is 1.17 bits per heavy atom. The molecule has 1 aliphatic heterocycles. The zero-order valence-corrected chi connectivity index (χ0v) is 15.6. The van der Waals surface area contributed by atoms with Crippen LogP contribution in [0.15, 0.2) is 36.7 Å². The Morgan fingerprint density at radius 3 is 2.67 bits per heavy atom. The van der Waals surface area contributed by atoms with Gasteiger partial charge in [-0.1, -0.05) is 38.1 Å². The van der Waals surface area contributed by atoms with Crippen LogP contribution in [0.2, 0.25) is 0 Å². The Labute approximate surface area is 151 Å². The lowest BCUT2D eigenvalue weighted by Crippen LogP contribution is -2.45. The maximum Gasteiger partial charge on any atom is 0.0534 e. The van der Waals surface area contributed by atoms with Crippen LogP contribution in [0.3, 0.4) is 0 Å². The number of hydrogen-bond acceptors (Lipinski definition) is 3. The van der Waals surface area contributed by atoms with Crippen molar-refractivity contribution in [2.45, 2.75) is 45.8 Å². The molecule has 24 heavy (non-hydrogen) atoms. The molecule has 1 fully saturated rings. The van der Waals surface area contributed by atoms with Crippen molar-refractivity contribution in [1.82, 2.24) is 20.0 Å². The van der Waals surface area contributed by atoms with Crippen molar-refractivity contribution >= 4 is 12.4 Å². The number of aromatic nitrogens is 2. The summed E-state index contributed by atoms with van der Waals surface area (Å²) in [7, 11) is 0. The van der Waals surface area contributed by atoms with E-state index in [0.717, 1.165) is 45.6 Å². The van der Waals surface area contributed by atoms with E-state index in [-0.39, 0.29) is 12.4 Å². The van der Waals surface area contributed by atoms with E-state index in [1.165, 1.54) is 16.7 Å². The highest BCUT2D eigenvalue weighted by Gasteiger charge is 2.24. The van der Waals surface area contributed by atoms with Crippen LogP contribution in [0.5, 0.6) is 0 Å². The Bertz CT molecular complexity index is 608. The summed E-state index contributed by atoms with van der Waals surface area (Å²) in [5.41, 5.74) is 4.13. The van der Waals surface area contributed by atoms with E-state index in [1.54, 1.807) is 0 Å². The summed E-state index contributed by atoms with van der Waals surface area (Å²) in [5.74, 6) is 0. The highest BCUT2D eigenvalue weighted by molar-refractivity contribution is 5.85. The average Bonchev–Trinajstić information content (AvgIpc) is 3.03. The van der Waals surface area contributed by atoms with E-state index in [0.29, 0.717) is 6.04 Å². The Balaban J connectivity index is 0.00000208. The number of piperazine rings is 1. The van der Waals surface area contributed by atoms with Crippen molar-refractivity contribution in [2.75, 3.05) is 19.6 Å². The Kier molecular flexibility index (Phi) is 7.28. The molecule has 1 aromatic carbocycles. The van der Waals surface area contributed by atoms with Crippen LogP contribution in [-0.4, -0.2) is 34.3 Å². The molecule has 1 saturated heterocycles. The lowest BCUT2D eigenvalue weighted by Gasteiger charge is -2.36. The second-order valence-corrected chi connectivity index (χ2v) is 6.40. The van der Waals surface area contributed by atoms with E-state index in [9.17, 15) is 0 Å². The molecule has 0 radical (unpaired) electrons. The quantitative estimate of drug-likeness (QED) is 0.868. The Hall–Kier alpha value is -1.36. The second kappa shape index (κ2) is 9.21. The van der Waals surface area contributed by atoms with Crippen LogP contribution in [0.25, 0.3) is 0 Å². The van der Waals surface area contributed by atoms with E-state index in [2.05, 4.69) is 64.3 Å². The van der Waals surface area contributed by atoms with Crippen LogP contribution in [0.1, 0.15) is 43.0 Å². The van der Waals surface area contributed by atoms with Crippen molar-refractivity contribution in [3.8, 4) is 0 Å². The maximum atomic E-state index is 4.47. The maximum absolute atomic E-state index is 4.47. The highest BCUT2D eigenvalue weighted by Crippen LogP contribution is 2.24. The first-order valence-corrected chi connectivity index (χ1v) is 8.85. The van der Waals surface area contributed by atoms with Gasteiger partial charge in [0.15, 0.2) is 0 Å². The summed E-state index contributed by atoms with van der Waals surface area (Å²) in [4.78, 5) is 2.57. The molecular weight excluding hydrogens is 320 g/mol. The predicted octanol–water partition coefficient (Wildman–Crippen LogP) is 3.42. The standard InChI is InChI=1S/C19H28N4.ClH/c1-3-10-23-15-17(12-21-23)14-22-11-9-20-13-19(22)18-7-5-16(4-2)6-8-18;/h5-8,12,15,19-20H,3-4,9-11,13-14H2,1-2H3;1H. The van der Waals surface area contributed by atoms with Crippen molar-refractivity contribution < 1.29 is 0 Å². The van der Waals surface area contributed by atoms with Crippen molar-refractivity contribution in [3.05, 3.63) is 53.3 Å².